The van der Waals surface area contributed by atoms with Gasteiger partial charge in [-0.1, -0.05) is 22.9 Å². The number of carboxylic acid groups (broad SMARTS) is 1. The first-order valence-electron chi connectivity index (χ1n) is 12.6. The molecule has 1 aromatic heterocycles. The number of aryl methyl sites for hydroxylation is 1. The van der Waals surface area contributed by atoms with Crippen molar-refractivity contribution >= 4 is 28.4 Å². The summed E-state index contributed by atoms with van der Waals surface area (Å²) in [5, 5.41) is 14.7. The number of carboxylic acids is 1. The Kier molecular flexibility index (Phi) is 7.49. The molecular formula is C30H29N4O5+. The lowest BCUT2D eigenvalue weighted by atomic mass is 10.1. The summed E-state index contributed by atoms with van der Waals surface area (Å²) in [5.74, 6) is 1.38. The van der Waals surface area contributed by atoms with Gasteiger partial charge in [0.05, 0.1) is 17.2 Å². The molecule has 0 aliphatic carbocycles. The van der Waals surface area contributed by atoms with Crippen molar-refractivity contribution in [2.75, 3.05) is 13.2 Å². The zero-order valence-corrected chi connectivity index (χ0v) is 21.9. The van der Waals surface area contributed by atoms with E-state index in [0.29, 0.717) is 17.3 Å². The van der Waals surface area contributed by atoms with Gasteiger partial charge in [-0.2, -0.15) is 4.99 Å². The Labute approximate surface area is 226 Å². The molecule has 1 N–H and O–H groups in total. The molecule has 1 aliphatic heterocycles. The minimum Gasteiger partial charge on any atom is -0.491 e. The molecule has 198 valence electrons. The summed E-state index contributed by atoms with van der Waals surface area (Å²) in [4.78, 5) is 20.3. The number of aliphatic imine (C=N–C) groups is 1. The minimum absolute atomic E-state index is 0.0808. The van der Waals surface area contributed by atoms with Crippen LogP contribution in [0.4, 0.5) is 5.69 Å². The average molecular weight is 526 g/mol. The number of pyridine rings is 1. The van der Waals surface area contributed by atoms with Crippen LogP contribution >= 0.6 is 0 Å². The van der Waals surface area contributed by atoms with Crippen LogP contribution in [-0.2, 0) is 4.79 Å². The first-order chi connectivity index (χ1) is 18.9. The number of hydrogen-bond acceptors (Lipinski definition) is 7. The predicted molar refractivity (Wildman–Crippen MR) is 146 cm³/mol. The molecule has 2 heterocycles. The quantitative estimate of drug-likeness (QED) is 0.252. The molecule has 9 heteroatoms. The van der Waals surface area contributed by atoms with Crippen molar-refractivity contribution < 1.29 is 28.8 Å². The third kappa shape index (κ3) is 6.20. The van der Waals surface area contributed by atoms with Crippen molar-refractivity contribution in [1.29, 1.82) is 0 Å². The number of aliphatic carboxylic acids is 1. The molecule has 0 fully saturated rings. The second-order valence-electron chi connectivity index (χ2n) is 9.38. The predicted octanol–water partition coefficient (Wildman–Crippen LogP) is 6.08. The lowest BCUT2D eigenvalue weighted by Crippen LogP contribution is -2.10. The van der Waals surface area contributed by atoms with E-state index >= 15 is 0 Å². The lowest BCUT2D eigenvalue weighted by molar-refractivity contribution is -0.544. The molecule has 0 spiro atoms. The van der Waals surface area contributed by atoms with E-state index in [2.05, 4.69) is 11.1 Å². The number of amidine groups is 1. The first kappa shape index (κ1) is 25.8. The van der Waals surface area contributed by atoms with Crippen molar-refractivity contribution in [3.8, 4) is 17.2 Å². The monoisotopic (exact) mass is 525 g/mol. The van der Waals surface area contributed by atoms with Crippen molar-refractivity contribution in [2.45, 2.75) is 33.0 Å². The fourth-order valence-corrected chi connectivity index (χ4v) is 4.22. The second-order valence-corrected chi connectivity index (χ2v) is 9.38. The molecule has 0 radical (unpaired) electrons. The summed E-state index contributed by atoms with van der Waals surface area (Å²) >= 11 is 0. The molecule has 1 aliphatic rings. The third-order valence-electron chi connectivity index (χ3n) is 5.97. The fourth-order valence-electron chi connectivity index (χ4n) is 4.22. The maximum Gasteiger partial charge on any atom is 0.341 e. The van der Waals surface area contributed by atoms with Gasteiger partial charge in [0.15, 0.2) is 13.2 Å². The highest BCUT2D eigenvalue weighted by Gasteiger charge is 2.34. The van der Waals surface area contributed by atoms with E-state index in [1.54, 1.807) is 18.2 Å². The smallest absolute Gasteiger partial charge is 0.341 e. The van der Waals surface area contributed by atoms with Crippen LogP contribution in [0.15, 0.2) is 89.1 Å². The number of benzene rings is 3. The number of aromatic nitrogens is 1. The van der Waals surface area contributed by atoms with Crippen molar-refractivity contribution in [1.82, 2.24) is 4.98 Å². The summed E-state index contributed by atoms with van der Waals surface area (Å²) in [5.41, 5.74) is 3.45. The average Bonchev–Trinajstić information content (AvgIpc) is 3.35. The van der Waals surface area contributed by atoms with Gasteiger partial charge in [0, 0.05) is 28.8 Å². The maximum atomic E-state index is 10.8. The number of ether oxygens (including phenoxy) is 3. The number of carbonyl (C=O) groups is 1. The van der Waals surface area contributed by atoms with E-state index in [0.717, 1.165) is 33.5 Å². The van der Waals surface area contributed by atoms with Gasteiger partial charge in [-0.25, -0.2) is 4.79 Å². The summed E-state index contributed by atoms with van der Waals surface area (Å²) in [6, 6.07) is 23.0. The largest absolute Gasteiger partial charge is 0.491 e. The molecule has 1 unspecified atom stereocenters. The lowest BCUT2D eigenvalue weighted by Gasteiger charge is -2.10. The number of rotatable bonds is 10. The summed E-state index contributed by atoms with van der Waals surface area (Å²) in [7, 11) is 0. The Balaban J connectivity index is 1.40. The number of nitrogens with zero attached hydrogens (tertiary/aromatic N) is 4. The van der Waals surface area contributed by atoms with E-state index in [4.69, 9.17) is 29.4 Å². The van der Waals surface area contributed by atoms with Gasteiger partial charge in [-0.05, 0) is 68.8 Å². The van der Waals surface area contributed by atoms with E-state index in [1.165, 1.54) is 0 Å². The van der Waals surface area contributed by atoms with E-state index in [1.807, 2.05) is 80.2 Å². The van der Waals surface area contributed by atoms with Crippen molar-refractivity contribution in [3.05, 3.63) is 90.1 Å². The Morgan fingerprint density at radius 2 is 1.77 bits per heavy atom. The summed E-state index contributed by atoms with van der Waals surface area (Å²) in [6.07, 6.45) is 1.50. The topological polar surface area (TPSA) is 106 Å². The Morgan fingerprint density at radius 1 is 1.00 bits per heavy atom. The van der Waals surface area contributed by atoms with Gasteiger partial charge in [0.1, 0.15) is 17.2 Å². The normalized spacial score (nSPS) is 14.7. The van der Waals surface area contributed by atoms with Crippen LogP contribution < -0.4 is 14.2 Å². The van der Waals surface area contributed by atoms with E-state index in [9.17, 15) is 4.79 Å². The number of para-hydroxylation sites is 1. The highest BCUT2D eigenvalue weighted by Crippen LogP contribution is 2.33. The van der Waals surface area contributed by atoms with Gasteiger partial charge in [0.2, 0.25) is 11.5 Å². The van der Waals surface area contributed by atoms with Crippen LogP contribution in [-0.4, -0.2) is 45.9 Å². The highest BCUT2D eigenvalue weighted by atomic mass is 16.5. The Bertz CT molecular complexity index is 1560. The van der Waals surface area contributed by atoms with Gasteiger partial charge in [-0.3, -0.25) is 4.98 Å². The van der Waals surface area contributed by atoms with E-state index in [-0.39, 0.29) is 12.7 Å². The zero-order chi connectivity index (χ0) is 27.4. The van der Waals surface area contributed by atoms with Crippen LogP contribution in [0.2, 0.25) is 0 Å². The molecule has 3 aromatic carbocycles. The van der Waals surface area contributed by atoms with Gasteiger partial charge in [0.25, 0.3) is 0 Å². The standard InChI is InChI=1S/C30H28N4O5/c1-19(2)39-24-10-8-23(9-11-24)34-30(22-15-21-6-4-5-7-26(21)31-16-22)32-28(33-34)17-37-25-12-13-27(20(3)14-25)38-18-29(35)36/h4-16,19,30H,17-18H2,1-3H3/p+1. The fraction of sp³-hybridized carbons (Fsp3) is 0.233. The van der Waals surface area contributed by atoms with Crippen LogP contribution in [0.25, 0.3) is 10.9 Å². The molecule has 0 amide bonds. The number of fused-ring (bicyclic) bond motifs is 1. The molecule has 0 saturated heterocycles. The second kappa shape index (κ2) is 11.3. The minimum atomic E-state index is -1.03. The molecule has 1 atom stereocenters. The zero-order valence-electron chi connectivity index (χ0n) is 21.9. The third-order valence-corrected chi connectivity index (χ3v) is 5.97. The van der Waals surface area contributed by atoms with Crippen LogP contribution in [0.3, 0.4) is 0 Å². The van der Waals surface area contributed by atoms with E-state index < -0.39 is 18.7 Å². The summed E-state index contributed by atoms with van der Waals surface area (Å²) < 4.78 is 19.0. The molecule has 0 bridgehead atoms. The molecule has 9 nitrogen and oxygen atoms in total. The van der Waals surface area contributed by atoms with Crippen molar-refractivity contribution in [3.63, 3.8) is 0 Å². The molecular weight excluding hydrogens is 496 g/mol. The van der Waals surface area contributed by atoms with Gasteiger partial charge < -0.3 is 19.3 Å². The highest BCUT2D eigenvalue weighted by molar-refractivity contribution is 5.85. The SMILES string of the molecule is Cc1cc(OCC2=NC(c3cnc4ccccc4c3)[N+](c3ccc(OC(C)C)cc3)=N2)ccc1OCC(=O)O. The number of azo groups is 2. The Morgan fingerprint density at radius 3 is 2.51 bits per heavy atom. The maximum absolute atomic E-state index is 10.8. The summed E-state index contributed by atoms with van der Waals surface area (Å²) in [6.45, 7) is 5.56. The van der Waals surface area contributed by atoms with Crippen LogP contribution in [0.1, 0.15) is 31.1 Å². The van der Waals surface area contributed by atoms with Gasteiger partial charge in [-0.15, -0.1) is 0 Å². The number of hydrogen-bond donors (Lipinski definition) is 1. The Hall–Kier alpha value is -4.79. The molecule has 0 saturated carbocycles. The molecule has 4 aromatic rings. The molecule has 5 rings (SSSR count). The molecule has 39 heavy (non-hydrogen) atoms. The first-order valence-corrected chi connectivity index (χ1v) is 12.6. The van der Waals surface area contributed by atoms with Crippen LogP contribution in [0, 0.1) is 6.92 Å². The van der Waals surface area contributed by atoms with Gasteiger partial charge >= 0.3 is 12.1 Å². The van der Waals surface area contributed by atoms with Crippen molar-refractivity contribution in [2.24, 2.45) is 10.1 Å². The van der Waals surface area contributed by atoms with Crippen LogP contribution in [0.5, 0.6) is 17.2 Å².